The fourth-order valence-electron chi connectivity index (χ4n) is 2.36. The number of aliphatic imine (C=N–C) groups is 1. The number of hydrogen-bond donors (Lipinski definition) is 0. The topological polar surface area (TPSA) is 65.0 Å². The molecule has 1 aliphatic heterocycles. The Morgan fingerprint density at radius 1 is 1.19 bits per heavy atom. The summed E-state index contributed by atoms with van der Waals surface area (Å²) in [5, 5.41) is 0.453. The Balaban J connectivity index is 1.77. The third kappa shape index (κ3) is 4.63. The van der Waals surface area contributed by atoms with Crippen molar-refractivity contribution in [3.05, 3.63) is 75.9 Å². The van der Waals surface area contributed by atoms with Crippen molar-refractivity contribution < 1.29 is 19.1 Å². The molecule has 27 heavy (non-hydrogen) atoms. The van der Waals surface area contributed by atoms with Crippen molar-refractivity contribution in [3.8, 4) is 0 Å². The lowest BCUT2D eigenvalue weighted by Gasteiger charge is -2.07. The number of nitrogens with zero attached hydrogens (tertiary/aromatic N) is 1. The van der Waals surface area contributed by atoms with Gasteiger partial charge in [0, 0.05) is 0 Å². The number of hydrogen-bond acceptors (Lipinski definition) is 5. The van der Waals surface area contributed by atoms with Crippen LogP contribution in [0.2, 0.25) is 5.02 Å². The first-order valence-electron chi connectivity index (χ1n) is 8.48. The molecule has 0 fully saturated rings. The zero-order chi connectivity index (χ0) is 19.4. The number of halogens is 1. The van der Waals surface area contributed by atoms with Crippen molar-refractivity contribution in [2.24, 2.45) is 10.9 Å². The van der Waals surface area contributed by atoms with Crippen LogP contribution in [0.25, 0.3) is 6.08 Å². The van der Waals surface area contributed by atoms with Gasteiger partial charge in [-0.05, 0) is 41.8 Å². The van der Waals surface area contributed by atoms with E-state index in [0.717, 1.165) is 0 Å². The molecule has 0 spiro atoms. The minimum atomic E-state index is -0.551. The highest BCUT2D eigenvalue weighted by atomic mass is 35.5. The number of rotatable bonds is 5. The molecule has 3 rings (SSSR count). The van der Waals surface area contributed by atoms with Gasteiger partial charge >= 0.3 is 11.9 Å². The van der Waals surface area contributed by atoms with Crippen molar-refractivity contribution in [2.75, 3.05) is 6.61 Å². The fourth-order valence-corrected chi connectivity index (χ4v) is 2.57. The molecule has 1 aliphatic rings. The molecule has 0 atom stereocenters. The van der Waals surface area contributed by atoms with Crippen molar-refractivity contribution in [3.63, 3.8) is 0 Å². The molecule has 5 nitrogen and oxygen atoms in total. The molecule has 0 saturated heterocycles. The Bertz CT molecular complexity index is 929. The molecule has 138 valence electrons. The molecule has 0 amide bonds. The Morgan fingerprint density at radius 3 is 2.56 bits per heavy atom. The van der Waals surface area contributed by atoms with E-state index in [0.29, 0.717) is 28.3 Å². The predicted molar refractivity (Wildman–Crippen MR) is 104 cm³/mol. The molecule has 1 heterocycles. The van der Waals surface area contributed by atoms with Gasteiger partial charge in [0.15, 0.2) is 5.70 Å². The van der Waals surface area contributed by atoms with Gasteiger partial charge in [-0.2, -0.15) is 0 Å². The van der Waals surface area contributed by atoms with Gasteiger partial charge in [-0.1, -0.05) is 49.7 Å². The summed E-state index contributed by atoms with van der Waals surface area (Å²) in [4.78, 5) is 28.2. The lowest BCUT2D eigenvalue weighted by Crippen LogP contribution is -2.10. The highest BCUT2D eigenvalue weighted by molar-refractivity contribution is 6.34. The van der Waals surface area contributed by atoms with Crippen molar-refractivity contribution in [1.29, 1.82) is 0 Å². The van der Waals surface area contributed by atoms with Crippen molar-refractivity contribution >= 4 is 35.5 Å². The quantitative estimate of drug-likeness (QED) is 0.563. The lowest BCUT2D eigenvalue weighted by molar-refractivity contribution is -0.129. The average Bonchev–Trinajstić information content (AvgIpc) is 3.01. The third-order valence-electron chi connectivity index (χ3n) is 3.72. The van der Waals surface area contributed by atoms with E-state index in [2.05, 4.69) is 4.99 Å². The Hall–Kier alpha value is -2.92. The molecule has 0 bridgehead atoms. The Labute approximate surface area is 162 Å². The summed E-state index contributed by atoms with van der Waals surface area (Å²) >= 11 is 6.12. The fraction of sp³-hybridized carbons (Fsp3) is 0.190. The van der Waals surface area contributed by atoms with Gasteiger partial charge in [0.05, 0.1) is 22.8 Å². The van der Waals surface area contributed by atoms with E-state index in [-0.39, 0.29) is 23.5 Å². The van der Waals surface area contributed by atoms with Gasteiger partial charge in [0.2, 0.25) is 5.90 Å². The monoisotopic (exact) mass is 383 g/mol. The Morgan fingerprint density at radius 2 is 1.89 bits per heavy atom. The first-order chi connectivity index (χ1) is 12.9. The number of benzene rings is 2. The van der Waals surface area contributed by atoms with E-state index in [9.17, 15) is 9.59 Å². The second-order valence-electron chi connectivity index (χ2n) is 6.43. The van der Waals surface area contributed by atoms with E-state index in [1.165, 1.54) is 0 Å². The van der Waals surface area contributed by atoms with Gasteiger partial charge in [0.1, 0.15) is 0 Å². The van der Waals surface area contributed by atoms with Crippen LogP contribution in [-0.2, 0) is 14.3 Å². The summed E-state index contributed by atoms with van der Waals surface area (Å²) in [7, 11) is 0. The smallest absolute Gasteiger partial charge is 0.363 e. The molecule has 0 saturated carbocycles. The van der Waals surface area contributed by atoms with Gasteiger partial charge in [-0.25, -0.2) is 14.6 Å². The highest BCUT2D eigenvalue weighted by Gasteiger charge is 2.25. The molecule has 0 N–H and O–H groups in total. The third-order valence-corrected chi connectivity index (χ3v) is 4.05. The molecule has 0 unspecified atom stereocenters. The van der Waals surface area contributed by atoms with E-state index in [1.807, 2.05) is 13.8 Å². The number of ether oxygens (including phenoxy) is 2. The molecule has 0 aliphatic carbocycles. The van der Waals surface area contributed by atoms with Crippen LogP contribution >= 0.6 is 11.6 Å². The lowest BCUT2D eigenvalue weighted by atomic mass is 10.1. The molecule has 0 aromatic heterocycles. The first kappa shape index (κ1) is 18.9. The number of carbonyl (C=O) groups excluding carboxylic acids is 2. The molecular weight excluding hydrogens is 366 g/mol. The molecule has 6 heteroatoms. The van der Waals surface area contributed by atoms with E-state index in [1.54, 1.807) is 54.6 Å². The maximum absolute atomic E-state index is 12.1. The second kappa shape index (κ2) is 8.18. The molecule has 2 aromatic rings. The molecular formula is C21H18ClNO4. The minimum Gasteiger partial charge on any atom is -0.462 e. The number of esters is 2. The second-order valence-corrected chi connectivity index (χ2v) is 6.84. The summed E-state index contributed by atoms with van der Waals surface area (Å²) in [6.45, 7) is 4.32. The van der Waals surface area contributed by atoms with Gasteiger partial charge in [-0.15, -0.1) is 0 Å². The van der Waals surface area contributed by atoms with Crippen LogP contribution < -0.4 is 0 Å². The molecule has 2 aromatic carbocycles. The normalized spacial score (nSPS) is 15.0. The van der Waals surface area contributed by atoms with Crippen molar-refractivity contribution in [1.82, 2.24) is 0 Å². The zero-order valence-corrected chi connectivity index (χ0v) is 15.7. The number of cyclic esters (lactones) is 1. The van der Waals surface area contributed by atoms with Crippen LogP contribution in [0.1, 0.15) is 35.3 Å². The Kier molecular flexibility index (Phi) is 5.72. The van der Waals surface area contributed by atoms with Crippen LogP contribution in [0.15, 0.2) is 59.2 Å². The first-order valence-corrected chi connectivity index (χ1v) is 8.86. The summed E-state index contributed by atoms with van der Waals surface area (Å²) in [6, 6.07) is 13.7. The minimum absolute atomic E-state index is 0.167. The van der Waals surface area contributed by atoms with E-state index < -0.39 is 5.97 Å². The van der Waals surface area contributed by atoms with Gasteiger partial charge in [0.25, 0.3) is 0 Å². The summed E-state index contributed by atoms with van der Waals surface area (Å²) < 4.78 is 10.4. The van der Waals surface area contributed by atoms with Crippen LogP contribution in [0.5, 0.6) is 0 Å². The average molecular weight is 384 g/mol. The standard InChI is InChI=1S/C21H18ClNO4/c1-13(2)12-26-20(24)15-9-7-14(8-10-15)11-18-21(25)27-19(23-18)16-5-3-4-6-17(16)22/h3-11,13H,12H2,1-2H3/b18-11-. The summed E-state index contributed by atoms with van der Waals surface area (Å²) in [5.74, 6) is -0.477. The summed E-state index contributed by atoms with van der Waals surface area (Å²) in [6.07, 6.45) is 1.59. The molecule has 0 radical (unpaired) electrons. The SMILES string of the molecule is CC(C)COC(=O)c1ccc(/C=C2\N=C(c3ccccc3Cl)OC2=O)cc1. The highest BCUT2D eigenvalue weighted by Crippen LogP contribution is 2.23. The van der Waals surface area contributed by atoms with E-state index in [4.69, 9.17) is 21.1 Å². The van der Waals surface area contributed by atoms with Crippen molar-refractivity contribution in [2.45, 2.75) is 13.8 Å². The summed E-state index contributed by atoms with van der Waals surface area (Å²) in [5.41, 5.74) is 1.89. The largest absolute Gasteiger partial charge is 0.462 e. The van der Waals surface area contributed by atoms with Gasteiger partial charge in [-0.3, -0.25) is 0 Å². The van der Waals surface area contributed by atoms with Crippen LogP contribution in [-0.4, -0.2) is 24.4 Å². The number of carbonyl (C=O) groups is 2. The van der Waals surface area contributed by atoms with E-state index >= 15 is 0 Å². The predicted octanol–water partition coefficient (Wildman–Crippen LogP) is 4.50. The van der Waals surface area contributed by atoms with Crippen LogP contribution in [0.4, 0.5) is 0 Å². The van der Waals surface area contributed by atoms with Gasteiger partial charge < -0.3 is 9.47 Å². The maximum Gasteiger partial charge on any atom is 0.363 e. The van der Waals surface area contributed by atoms with Crippen LogP contribution in [0.3, 0.4) is 0 Å². The maximum atomic E-state index is 12.1. The van der Waals surface area contributed by atoms with Crippen LogP contribution in [0, 0.1) is 5.92 Å². The zero-order valence-electron chi connectivity index (χ0n) is 14.9.